The largest absolute Gasteiger partial charge is 0.335 e. The topological polar surface area (TPSA) is 21.1 Å². The average Bonchev–Trinajstić information content (AvgIpc) is 2.48. The normalized spacial score (nSPS) is 11.7. The molecule has 0 aliphatic heterocycles. The maximum Gasteiger partial charge on any atom is 0.0951 e. The molecule has 0 fully saturated rings. The second-order valence-corrected chi connectivity index (χ2v) is 5.22. The van der Waals surface area contributed by atoms with Crippen molar-refractivity contribution in [2.45, 2.75) is 40.2 Å². The Morgan fingerprint density at radius 2 is 2.06 bits per heavy atom. The van der Waals surface area contributed by atoms with Crippen LogP contribution in [0.4, 0.5) is 0 Å². The molecule has 0 N–H and O–H groups in total. The van der Waals surface area contributed by atoms with Gasteiger partial charge in [-0.25, -0.2) is 4.98 Å². The van der Waals surface area contributed by atoms with Crippen molar-refractivity contribution in [3.63, 3.8) is 0 Å². The van der Waals surface area contributed by atoms with Gasteiger partial charge in [-0.1, -0.05) is 13.8 Å². The van der Waals surface area contributed by atoms with Gasteiger partial charge in [-0.15, -0.1) is 0 Å². The van der Waals surface area contributed by atoms with E-state index in [0.29, 0.717) is 5.92 Å². The van der Waals surface area contributed by atoms with E-state index in [2.05, 4.69) is 49.3 Å². The first-order valence-electron chi connectivity index (χ1n) is 6.16. The van der Waals surface area contributed by atoms with Crippen LogP contribution in [-0.2, 0) is 13.0 Å². The zero-order valence-corrected chi connectivity index (χ0v) is 11.3. The molecule has 92 valence electrons. The van der Waals surface area contributed by atoms with Gasteiger partial charge in [0.15, 0.2) is 0 Å². The Balaban J connectivity index is 2.51. The maximum absolute atomic E-state index is 4.50. The van der Waals surface area contributed by atoms with Crippen LogP contribution in [0, 0.1) is 12.8 Å². The van der Waals surface area contributed by atoms with Crippen molar-refractivity contribution in [2.75, 3.05) is 20.6 Å². The third-order valence-corrected chi connectivity index (χ3v) is 2.81. The van der Waals surface area contributed by atoms with Gasteiger partial charge < -0.3 is 9.47 Å². The minimum atomic E-state index is 0.684. The molecule has 16 heavy (non-hydrogen) atoms. The molecule has 0 amide bonds. The van der Waals surface area contributed by atoms with E-state index in [4.69, 9.17) is 0 Å². The number of hydrogen-bond donors (Lipinski definition) is 0. The Kier molecular flexibility index (Phi) is 5.00. The molecule has 0 spiro atoms. The zero-order valence-electron chi connectivity index (χ0n) is 11.3. The fourth-order valence-electron chi connectivity index (χ4n) is 1.86. The van der Waals surface area contributed by atoms with Crippen LogP contribution < -0.4 is 0 Å². The molecular weight excluding hydrogens is 198 g/mol. The molecule has 0 radical (unpaired) electrons. The van der Waals surface area contributed by atoms with E-state index in [1.165, 1.54) is 17.8 Å². The lowest BCUT2D eigenvalue weighted by atomic mass is 10.1. The quantitative estimate of drug-likeness (QED) is 0.738. The fraction of sp³-hybridized carbons (Fsp3) is 0.769. The van der Waals surface area contributed by atoms with E-state index in [1.54, 1.807) is 0 Å². The van der Waals surface area contributed by atoms with E-state index in [9.17, 15) is 0 Å². The molecule has 0 saturated heterocycles. The predicted octanol–water partition coefficient (Wildman–Crippen LogP) is 2.34. The Labute approximate surface area is 99.5 Å². The van der Waals surface area contributed by atoms with Gasteiger partial charge in [0.2, 0.25) is 0 Å². The van der Waals surface area contributed by atoms with Gasteiger partial charge in [-0.3, -0.25) is 0 Å². The summed E-state index contributed by atoms with van der Waals surface area (Å²) in [5, 5.41) is 0. The molecule has 1 heterocycles. The highest BCUT2D eigenvalue weighted by atomic mass is 15.1. The van der Waals surface area contributed by atoms with Gasteiger partial charge in [-0.05, 0) is 46.3 Å². The third-order valence-electron chi connectivity index (χ3n) is 2.81. The van der Waals surface area contributed by atoms with Crippen molar-refractivity contribution in [1.29, 1.82) is 0 Å². The number of imidazole rings is 1. The summed E-state index contributed by atoms with van der Waals surface area (Å²) >= 11 is 0. The van der Waals surface area contributed by atoms with E-state index >= 15 is 0 Å². The maximum atomic E-state index is 4.50. The van der Waals surface area contributed by atoms with Crippen molar-refractivity contribution >= 4 is 0 Å². The number of hydrogen-bond acceptors (Lipinski definition) is 2. The summed E-state index contributed by atoms with van der Waals surface area (Å²) in [7, 11) is 4.23. The number of aryl methyl sites for hydroxylation is 1. The van der Waals surface area contributed by atoms with Crippen LogP contribution >= 0.6 is 0 Å². The van der Waals surface area contributed by atoms with Crippen LogP contribution in [0.5, 0.6) is 0 Å². The lowest BCUT2D eigenvalue weighted by Crippen LogP contribution is -2.15. The molecule has 0 unspecified atom stereocenters. The molecule has 1 aromatic rings. The summed E-state index contributed by atoms with van der Waals surface area (Å²) < 4.78 is 2.28. The minimum Gasteiger partial charge on any atom is -0.335 e. The Morgan fingerprint density at radius 3 is 2.62 bits per heavy atom. The van der Waals surface area contributed by atoms with E-state index < -0.39 is 0 Å². The van der Waals surface area contributed by atoms with Crippen LogP contribution in [0.25, 0.3) is 0 Å². The number of rotatable bonds is 6. The summed E-state index contributed by atoms with van der Waals surface area (Å²) in [6, 6.07) is 0. The first kappa shape index (κ1) is 13.2. The van der Waals surface area contributed by atoms with Crippen molar-refractivity contribution in [1.82, 2.24) is 14.5 Å². The fourth-order valence-corrected chi connectivity index (χ4v) is 1.86. The van der Waals surface area contributed by atoms with Gasteiger partial charge in [0.25, 0.3) is 0 Å². The lowest BCUT2D eigenvalue weighted by Gasteiger charge is -2.11. The molecule has 3 heteroatoms. The van der Waals surface area contributed by atoms with Crippen molar-refractivity contribution < 1.29 is 0 Å². The first-order chi connectivity index (χ1) is 7.50. The van der Waals surface area contributed by atoms with Gasteiger partial charge in [0, 0.05) is 12.2 Å². The zero-order chi connectivity index (χ0) is 12.1. The molecule has 0 aliphatic rings. The van der Waals surface area contributed by atoms with Crippen LogP contribution in [-0.4, -0.2) is 35.1 Å². The molecule has 0 atom stereocenters. The SMILES string of the molecule is Cc1c(CC(C)C)ncn1CCCN(C)C. The molecule has 3 nitrogen and oxygen atoms in total. The molecule has 1 rings (SSSR count). The predicted molar refractivity (Wildman–Crippen MR) is 68.7 cm³/mol. The smallest absolute Gasteiger partial charge is 0.0951 e. The van der Waals surface area contributed by atoms with Gasteiger partial charge in [0.05, 0.1) is 12.0 Å². The average molecular weight is 223 g/mol. The molecular formula is C13H25N3. The monoisotopic (exact) mass is 223 g/mol. The highest BCUT2D eigenvalue weighted by Gasteiger charge is 2.07. The van der Waals surface area contributed by atoms with Gasteiger partial charge in [0.1, 0.15) is 0 Å². The number of aromatic nitrogens is 2. The second kappa shape index (κ2) is 6.04. The molecule has 1 aromatic heterocycles. The van der Waals surface area contributed by atoms with Gasteiger partial charge >= 0.3 is 0 Å². The molecule has 0 saturated carbocycles. The van der Waals surface area contributed by atoms with Crippen molar-refractivity contribution in [2.24, 2.45) is 5.92 Å². The minimum absolute atomic E-state index is 0.684. The highest BCUT2D eigenvalue weighted by molar-refractivity contribution is 5.11. The lowest BCUT2D eigenvalue weighted by molar-refractivity contribution is 0.385. The van der Waals surface area contributed by atoms with Crippen LogP contribution in [0.2, 0.25) is 0 Å². The molecule has 0 bridgehead atoms. The van der Waals surface area contributed by atoms with Crippen LogP contribution in [0.3, 0.4) is 0 Å². The Bertz CT molecular complexity index is 313. The van der Waals surface area contributed by atoms with Crippen LogP contribution in [0.1, 0.15) is 31.7 Å². The Morgan fingerprint density at radius 1 is 1.38 bits per heavy atom. The van der Waals surface area contributed by atoms with E-state index in [1.807, 2.05) is 6.33 Å². The summed E-state index contributed by atoms with van der Waals surface area (Å²) in [5.41, 5.74) is 2.60. The number of nitrogens with zero attached hydrogens (tertiary/aromatic N) is 3. The second-order valence-electron chi connectivity index (χ2n) is 5.22. The van der Waals surface area contributed by atoms with E-state index in [0.717, 1.165) is 19.5 Å². The third kappa shape index (κ3) is 3.97. The highest BCUT2D eigenvalue weighted by Crippen LogP contribution is 2.11. The van der Waals surface area contributed by atoms with Gasteiger partial charge in [-0.2, -0.15) is 0 Å². The van der Waals surface area contributed by atoms with Crippen molar-refractivity contribution in [3.8, 4) is 0 Å². The van der Waals surface area contributed by atoms with Crippen molar-refractivity contribution in [3.05, 3.63) is 17.7 Å². The summed E-state index contributed by atoms with van der Waals surface area (Å²) in [6.07, 6.45) is 4.26. The Hall–Kier alpha value is -0.830. The summed E-state index contributed by atoms with van der Waals surface area (Å²) in [6.45, 7) is 8.88. The molecule has 0 aliphatic carbocycles. The van der Waals surface area contributed by atoms with E-state index in [-0.39, 0.29) is 0 Å². The summed E-state index contributed by atoms with van der Waals surface area (Å²) in [4.78, 5) is 6.73. The van der Waals surface area contributed by atoms with Crippen LogP contribution in [0.15, 0.2) is 6.33 Å². The summed E-state index contributed by atoms with van der Waals surface area (Å²) in [5.74, 6) is 0.684. The molecule has 0 aromatic carbocycles. The standard InChI is InChI=1S/C13H25N3/c1-11(2)9-13-12(3)16(10-14-13)8-6-7-15(4)5/h10-11H,6-9H2,1-5H3. The first-order valence-corrected chi connectivity index (χ1v) is 6.16.